The fourth-order valence-corrected chi connectivity index (χ4v) is 4.15. The smallest absolute Gasteiger partial charge is 0.339 e. The lowest BCUT2D eigenvalue weighted by atomic mass is 9.83. The first-order valence-electron chi connectivity index (χ1n) is 11.4. The van der Waals surface area contributed by atoms with E-state index >= 15 is 4.39 Å². The molecule has 0 atom stereocenters. The van der Waals surface area contributed by atoms with Gasteiger partial charge in [-0.05, 0) is 43.0 Å². The Morgan fingerprint density at radius 1 is 1.11 bits per heavy atom. The minimum atomic E-state index is -1.21. The maximum atomic E-state index is 15.3. The van der Waals surface area contributed by atoms with Crippen LogP contribution in [0.4, 0.5) is 4.39 Å². The number of aromatic carboxylic acids is 1. The van der Waals surface area contributed by atoms with Crippen LogP contribution in [0, 0.1) is 11.2 Å². The Morgan fingerprint density at radius 3 is 2.28 bits per heavy atom. The molecule has 1 aliphatic rings. The highest BCUT2D eigenvalue weighted by Crippen LogP contribution is 2.39. The van der Waals surface area contributed by atoms with Gasteiger partial charge in [-0.3, -0.25) is 10.2 Å². The van der Waals surface area contributed by atoms with E-state index in [-0.39, 0.29) is 76.5 Å². The molecule has 10 heteroatoms. The number of rotatable bonds is 9. The van der Waals surface area contributed by atoms with Gasteiger partial charge in [0.05, 0.1) is 32.4 Å². The standard InChI is InChI=1S/C26H31FN2O6.BrH/c1-7-34-19-11-15-12-29(24(28)20(15)21(27)23(19)35-8-2)13-18(30)14-9-16(25(31)32)22(33-6)17(10-14)26(3,4)5;/h9-11,28H,7-8,12-13H2,1-6H3,(H,31,32);1H. The largest absolute Gasteiger partial charge is 0.496 e. The molecule has 1 aliphatic heterocycles. The number of hydrogen-bond donors (Lipinski definition) is 2. The van der Waals surface area contributed by atoms with Gasteiger partial charge in [-0.1, -0.05) is 20.8 Å². The van der Waals surface area contributed by atoms with E-state index in [1.165, 1.54) is 18.1 Å². The van der Waals surface area contributed by atoms with Crippen molar-refractivity contribution in [3.8, 4) is 17.2 Å². The molecule has 2 N–H and O–H groups in total. The van der Waals surface area contributed by atoms with Crippen molar-refractivity contribution in [3.63, 3.8) is 0 Å². The third-order valence-corrected chi connectivity index (χ3v) is 5.76. The Kier molecular flexibility index (Phi) is 9.12. The zero-order chi connectivity index (χ0) is 26.1. The Morgan fingerprint density at radius 2 is 1.75 bits per heavy atom. The summed E-state index contributed by atoms with van der Waals surface area (Å²) in [5.41, 5.74) is 0.747. The van der Waals surface area contributed by atoms with Gasteiger partial charge in [-0.25, -0.2) is 9.18 Å². The monoisotopic (exact) mass is 566 g/mol. The predicted molar refractivity (Wildman–Crippen MR) is 139 cm³/mol. The van der Waals surface area contributed by atoms with Gasteiger partial charge < -0.3 is 24.2 Å². The molecular formula is C26H32BrFN2O6. The van der Waals surface area contributed by atoms with Crippen LogP contribution in [0.25, 0.3) is 0 Å². The minimum Gasteiger partial charge on any atom is -0.496 e. The van der Waals surface area contributed by atoms with Crippen molar-refractivity contribution < 1.29 is 33.3 Å². The number of methoxy groups -OCH3 is 1. The Labute approximate surface area is 220 Å². The number of ether oxygens (including phenoxy) is 3. The molecule has 8 nitrogen and oxygen atoms in total. The lowest BCUT2D eigenvalue weighted by Gasteiger charge is -2.24. The number of hydrogen-bond acceptors (Lipinski definition) is 6. The second-order valence-electron chi connectivity index (χ2n) is 9.21. The zero-order valence-corrected chi connectivity index (χ0v) is 23.0. The van der Waals surface area contributed by atoms with Crippen LogP contribution in [0.3, 0.4) is 0 Å². The van der Waals surface area contributed by atoms with E-state index in [4.69, 9.17) is 19.6 Å². The first-order valence-corrected chi connectivity index (χ1v) is 11.4. The topological polar surface area (TPSA) is 109 Å². The van der Waals surface area contributed by atoms with Crippen LogP contribution >= 0.6 is 17.0 Å². The fourth-order valence-electron chi connectivity index (χ4n) is 4.15. The average molecular weight is 567 g/mol. The number of benzene rings is 2. The molecule has 2 aromatic carbocycles. The third-order valence-electron chi connectivity index (χ3n) is 5.76. The number of nitrogens with zero attached hydrogens (tertiary/aromatic N) is 1. The lowest BCUT2D eigenvalue weighted by molar-refractivity contribution is 0.0693. The van der Waals surface area contributed by atoms with Crippen molar-refractivity contribution >= 4 is 34.6 Å². The average Bonchev–Trinajstić information content (AvgIpc) is 3.09. The van der Waals surface area contributed by atoms with E-state index < -0.39 is 23.0 Å². The van der Waals surface area contributed by atoms with Gasteiger partial charge in [0.15, 0.2) is 23.1 Å². The summed E-state index contributed by atoms with van der Waals surface area (Å²) in [6, 6.07) is 4.55. The second-order valence-corrected chi connectivity index (χ2v) is 9.21. The predicted octanol–water partition coefficient (Wildman–Crippen LogP) is 5.23. The van der Waals surface area contributed by atoms with Crippen molar-refractivity contribution in [1.82, 2.24) is 4.90 Å². The molecule has 0 radical (unpaired) electrons. The van der Waals surface area contributed by atoms with Crippen LogP contribution in [0.15, 0.2) is 18.2 Å². The Balaban J connectivity index is 0.00000456. The molecule has 0 bridgehead atoms. The van der Waals surface area contributed by atoms with Crippen molar-refractivity contribution in [2.45, 2.75) is 46.6 Å². The molecule has 0 fully saturated rings. The van der Waals surface area contributed by atoms with E-state index in [0.29, 0.717) is 17.7 Å². The summed E-state index contributed by atoms with van der Waals surface area (Å²) in [6.07, 6.45) is 0. The molecule has 196 valence electrons. The summed E-state index contributed by atoms with van der Waals surface area (Å²) < 4.78 is 31.6. The van der Waals surface area contributed by atoms with E-state index in [9.17, 15) is 14.7 Å². The van der Waals surface area contributed by atoms with E-state index in [1.54, 1.807) is 26.0 Å². The van der Waals surface area contributed by atoms with Crippen LogP contribution in [0.5, 0.6) is 17.2 Å². The van der Waals surface area contributed by atoms with E-state index in [1.807, 2.05) is 20.8 Å². The van der Waals surface area contributed by atoms with Gasteiger partial charge in [-0.15, -0.1) is 17.0 Å². The van der Waals surface area contributed by atoms with Gasteiger partial charge in [0.25, 0.3) is 0 Å². The summed E-state index contributed by atoms with van der Waals surface area (Å²) in [6.45, 7) is 9.64. The van der Waals surface area contributed by atoms with Crippen LogP contribution < -0.4 is 14.2 Å². The molecule has 0 amide bonds. The van der Waals surface area contributed by atoms with Crippen LogP contribution in [-0.4, -0.2) is 54.5 Å². The van der Waals surface area contributed by atoms with Crippen molar-refractivity contribution in [1.29, 1.82) is 5.41 Å². The first kappa shape index (κ1) is 29.1. The molecular weight excluding hydrogens is 535 g/mol. The number of fused-ring (bicyclic) bond motifs is 1. The number of carboxylic acids is 1. The molecule has 3 rings (SSSR count). The number of carbonyl (C=O) groups is 2. The summed E-state index contributed by atoms with van der Waals surface area (Å²) in [5, 5.41) is 18.2. The molecule has 0 saturated carbocycles. The highest BCUT2D eigenvalue weighted by atomic mass is 79.9. The maximum absolute atomic E-state index is 15.3. The van der Waals surface area contributed by atoms with E-state index in [2.05, 4.69) is 0 Å². The number of carboxylic acid groups (broad SMARTS) is 1. The number of halogens is 2. The molecule has 2 aromatic rings. The number of carbonyl (C=O) groups excluding carboxylic acids is 1. The van der Waals surface area contributed by atoms with Gasteiger partial charge in [-0.2, -0.15) is 0 Å². The highest BCUT2D eigenvalue weighted by molar-refractivity contribution is 8.93. The minimum absolute atomic E-state index is 0. The van der Waals surface area contributed by atoms with Gasteiger partial charge in [0, 0.05) is 17.7 Å². The van der Waals surface area contributed by atoms with Crippen LogP contribution in [-0.2, 0) is 12.0 Å². The molecule has 36 heavy (non-hydrogen) atoms. The first-order chi connectivity index (χ1) is 16.4. The van der Waals surface area contributed by atoms with Crippen molar-refractivity contribution in [2.24, 2.45) is 0 Å². The SMILES string of the molecule is Br.CCOc1cc2c(c(F)c1OCC)C(=N)N(CC(=O)c1cc(C(=O)O)c(OC)c(C(C)(C)C)c1)C2. The van der Waals surface area contributed by atoms with Gasteiger partial charge >= 0.3 is 5.97 Å². The lowest BCUT2D eigenvalue weighted by Crippen LogP contribution is -2.31. The zero-order valence-electron chi connectivity index (χ0n) is 21.3. The molecule has 0 saturated heterocycles. The Bertz CT molecular complexity index is 1190. The normalized spacial score (nSPS) is 12.6. The Hall–Kier alpha value is -3.14. The highest BCUT2D eigenvalue weighted by Gasteiger charge is 2.34. The van der Waals surface area contributed by atoms with Crippen LogP contribution in [0.2, 0.25) is 0 Å². The second kappa shape index (κ2) is 11.3. The number of nitrogens with one attached hydrogen (secondary N) is 1. The molecule has 1 heterocycles. The fraction of sp³-hybridized carbons (Fsp3) is 0.423. The van der Waals surface area contributed by atoms with Gasteiger partial charge in [0.2, 0.25) is 0 Å². The summed E-state index contributed by atoms with van der Waals surface area (Å²) in [5.74, 6) is -2.04. The summed E-state index contributed by atoms with van der Waals surface area (Å²) in [7, 11) is 1.39. The molecule has 0 aromatic heterocycles. The number of Topliss-reactive ketones (excluding diaryl/α,β-unsaturated/α-hetero) is 1. The molecule has 0 unspecified atom stereocenters. The summed E-state index contributed by atoms with van der Waals surface area (Å²) >= 11 is 0. The van der Waals surface area contributed by atoms with Crippen molar-refractivity contribution in [2.75, 3.05) is 26.9 Å². The number of amidine groups is 1. The summed E-state index contributed by atoms with van der Waals surface area (Å²) in [4.78, 5) is 26.6. The maximum Gasteiger partial charge on any atom is 0.339 e. The molecule has 0 aliphatic carbocycles. The quantitative estimate of drug-likeness (QED) is 0.400. The van der Waals surface area contributed by atoms with E-state index in [0.717, 1.165) is 0 Å². The molecule has 0 spiro atoms. The third kappa shape index (κ3) is 5.48. The van der Waals surface area contributed by atoms with Gasteiger partial charge in [0.1, 0.15) is 17.1 Å². The van der Waals surface area contributed by atoms with Crippen molar-refractivity contribution in [3.05, 3.63) is 51.8 Å². The van der Waals surface area contributed by atoms with Crippen LogP contribution in [0.1, 0.15) is 72.0 Å². The number of ketones is 1.